The first kappa shape index (κ1) is 19.8. The molecule has 152 valence electrons. The molecule has 0 aliphatic rings. The Bertz CT molecular complexity index is 1220. The average Bonchev–Trinajstić information content (AvgIpc) is 3.07. The maximum atomic E-state index is 12.4. The van der Waals surface area contributed by atoms with Gasteiger partial charge in [0.25, 0.3) is 0 Å². The van der Waals surface area contributed by atoms with Crippen molar-refractivity contribution in [2.24, 2.45) is 0 Å². The summed E-state index contributed by atoms with van der Waals surface area (Å²) in [5.41, 5.74) is 5.68. The molecule has 3 heterocycles. The van der Waals surface area contributed by atoms with Crippen molar-refractivity contribution >= 4 is 16.7 Å². The Balaban J connectivity index is 1.86. The van der Waals surface area contributed by atoms with Gasteiger partial charge >= 0.3 is 0 Å². The number of benzene rings is 1. The van der Waals surface area contributed by atoms with Gasteiger partial charge in [-0.05, 0) is 57.9 Å². The van der Waals surface area contributed by atoms with Crippen LogP contribution in [0.5, 0.6) is 5.88 Å². The van der Waals surface area contributed by atoms with E-state index in [1.165, 1.54) is 0 Å². The van der Waals surface area contributed by atoms with Gasteiger partial charge < -0.3 is 4.74 Å². The van der Waals surface area contributed by atoms with Crippen molar-refractivity contribution in [3.63, 3.8) is 0 Å². The van der Waals surface area contributed by atoms with Gasteiger partial charge in [0, 0.05) is 28.8 Å². The number of ether oxygens (including phenoxy) is 1. The molecule has 0 saturated carbocycles. The molecule has 0 fully saturated rings. The Kier molecular flexibility index (Phi) is 5.08. The van der Waals surface area contributed by atoms with Gasteiger partial charge in [0.15, 0.2) is 11.6 Å². The van der Waals surface area contributed by atoms with E-state index in [4.69, 9.17) is 9.72 Å². The molecule has 0 aliphatic heterocycles. The SMILES string of the molecule is CC(=O)c1cn(-c2ccc(OC(C)C)nn2)c2cnc(-c3c(C)cccc3C)cc12. The fraction of sp³-hybridized carbons (Fsp3) is 0.250. The molecule has 0 saturated heterocycles. The minimum Gasteiger partial charge on any atom is -0.474 e. The van der Waals surface area contributed by atoms with Crippen LogP contribution in [0.15, 0.2) is 48.8 Å². The lowest BCUT2D eigenvalue weighted by Crippen LogP contribution is -2.08. The number of ketones is 1. The monoisotopic (exact) mass is 400 g/mol. The molecule has 0 spiro atoms. The van der Waals surface area contributed by atoms with E-state index in [9.17, 15) is 4.79 Å². The van der Waals surface area contributed by atoms with E-state index < -0.39 is 0 Å². The number of fused-ring (bicyclic) bond motifs is 1. The van der Waals surface area contributed by atoms with Gasteiger partial charge in [-0.3, -0.25) is 14.3 Å². The molecule has 3 aromatic heterocycles. The van der Waals surface area contributed by atoms with E-state index >= 15 is 0 Å². The molecular formula is C24H24N4O2. The predicted octanol–water partition coefficient (Wildman–Crippen LogP) is 5.09. The van der Waals surface area contributed by atoms with Gasteiger partial charge in [-0.15, -0.1) is 10.2 Å². The second kappa shape index (κ2) is 7.71. The molecule has 0 atom stereocenters. The van der Waals surface area contributed by atoms with Gasteiger partial charge in [-0.2, -0.15) is 0 Å². The second-order valence-corrected chi connectivity index (χ2v) is 7.72. The summed E-state index contributed by atoms with van der Waals surface area (Å²) in [7, 11) is 0. The minimum absolute atomic E-state index is 0.00914. The molecule has 0 N–H and O–H groups in total. The van der Waals surface area contributed by atoms with Crippen LogP contribution in [0.3, 0.4) is 0 Å². The highest BCUT2D eigenvalue weighted by atomic mass is 16.5. The third-order valence-corrected chi connectivity index (χ3v) is 5.04. The Morgan fingerprint density at radius 3 is 2.40 bits per heavy atom. The summed E-state index contributed by atoms with van der Waals surface area (Å²) in [5, 5.41) is 9.28. The fourth-order valence-corrected chi connectivity index (χ4v) is 3.70. The Labute approximate surface area is 175 Å². The zero-order valence-electron chi connectivity index (χ0n) is 17.8. The fourth-order valence-electron chi connectivity index (χ4n) is 3.70. The molecule has 0 bridgehead atoms. The summed E-state index contributed by atoms with van der Waals surface area (Å²) in [6, 6.07) is 11.8. The standard InChI is InChI=1S/C24H24N4O2/c1-14(2)30-23-10-9-22(26-27-23)28-13-19(17(5)29)18-11-20(25-12-21(18)28)24-15(3)7-6-8-16(24)4/h6-14H,1-5H3. The van der Waals surface area contributed by atoms with Gasteiger partial charge in [0.1, 0.15) is 0 Å². The van der Waals surface area contributed by atoms with Gasteiger partial charge in [0.05, 0.1) is 23.5 Å². The van der Waals surface area contributed by atoms with E-state index in [1.807, 2.05) is 36.6 Å². The number of carbonyl (C=O) groups excluding carboxylic acids is 1. The van der Waals surface area contributed by atoms with E-state index in [0.29, 0.717) is 17.3 Å². The van der Waals surface area contributed by atoms with Crippen molar-refractivity contribution < 1.29 is 9.53 Å². The first-order valence-corrected chi connectivity index (χ1v) is 9.94. The molecular weight excluding hydrogens is 376 g/mol. The zero-order valence-corrected chi connectivity index (χ0v) is 17.8. The summed E-state index contributed by atoms with van der Waals surface area (Å²) in [5.74, 6) is 1.06. The van der Waals surface area contributed by atoms with Crippen molar-refractivity contribution in [1.82, 2.24) is 19.7 Å². The zero-order chi connectivity index (χ0) is 21.4. The first-order chi connectivity index (χ1) is 14.3. The summed E-state index contributed by atoms with van der Waals surface area (Å²) >= 11 is 0. The Morgan fingerprint density at radius 1 is 1.07 bits per heavy atom. The van der Waals surface area contributed by atoms with Crippen LogP contribution in [0.25, 0.3) is 28.0 Å². The number of aromatic nitrogens is 4. The number of nitrogens with zero attached hydrogens (tertiary/aromatic N) is 4. The highest BCUT2D eigenvalue weighted by molar-refractivity contribution is 6.08. The minimum atomic E-state index is -0.00914. The summed E-state index contributed by atoms with van der Waals surface area (Å²) < 4.78 is 7.42. The highest BCUT2D eigenvalue weighted by Gasteiger charge is 2.17. The predicted molar refractivity (Wildman–Crippen MR) is 117 cm³/mol. The molecule has 30 heavy (non-hydrogen) atoms. The van der Waals surface area contributed by atoms with Gasteiger partial charge in [-0.1, -0.05) is 18.2 Å². The van der Waals surface area contributed by atoms with Crippen LogP contribution in [0.2, 0.25) is 0 Å². The molecule has 0 radical (unpaired) electrons. The number of rotatable bonds is 5. The third-order valence-electron chi connectivity index (χ3n) is 5.04. The van der Waals surface area contributed by atoms with E-state index in [2.05, 4.69) is 36.2 Å². The van der Waals surface area contributed by atoms with Crippen LogP contribution in [0.1, 0.15) is 42.3 Å². The Hall–Kier alpha value is -3.54. The van der Waals surface area contributed by atoms with E-state index in [-0.39, 0.29) is 11.9 Å². The molecule has 1 aromatic carbocycles. The molecule has 6 heteroatoms. The number of aryl methyl sites for hydroxylation is 2. The van der Waals surface area contributed by atoms with Gasteiger partial charge in [-0.25, -0.2) is 0 Å². The summed E-state index contributed by atoms with van der Waals surface area (Å²) in [4.78, 5) is 17.1. The maximum Gasteiger partial charge on any atom is 0.233 e. The second-order valence-electron chi connectivity index (χ2n) is 7.72. The van der Waals surface area contributed by atoms with Crippen molar-refractivity contribution in [2.75, 3.05) is 0 Å². The third kappa shape index (κ3) is 3.56. The molecule has 0 unspecified atom stereocenters. The van der Waals surface area contributed by atoms with Crippen molar-refractivity contribution in [3.05, 3.63) is 65.5 Å². The smallest absolute Gasteiger partial charge is 0.233 e. The van der Waals surface area contributed by atoms with Crippen molar-refractivity contribution in [1.29, 1.82) is 0 Å². The van der Waals surface area contributed by atoms with Crippen molar-refractivity contribution in [2.45, 2.75) is 40.7 Å². The molecule has 0 aliphatic carbocycles. The van der Waals surface area contributed by atoms with Crippen LogP contribution < -0.4 is 4.74 Å². The number of carbonyl (C=O) groups is 1. The van der Waals surface area contributed by atoms with Crippen LogP contribution in [0.4, 0.5) is 0 Å². The van der Waals surface area contributed by atoms with Gasteiger partial charge in [0.2, 0.25) is 5.88 Å². The number of pyridine rings is 1. The first-order valence-electron chi connectivity index (χ1n) is 9.94. The van der Waals surface area contributed by atoms with Crippen LogP contribution in [0, 0.1) is 13.8 Å². The van der Waals surface area contributed by atoms with Crippen LogP contribution >= 0.6 is 0 Å². The van der Waals surface area contributed by atoms with Crippen LogP contribution in [-0.2, 0) is 0 Å². The topological polar surface area (TPSA) is 69.9 Å². The van der Waals surface area contributed by atoms with E-state index in [0.717, 1.165) is 33.3 Å². The Morgan fingerprint density at radius 2 is 1.80 bits per heavy atom. The molecule has 4 aromatic rings. The lowest BCUT2D eigenvalue weighted by molar-refractivity contribution is 0.101. The number of Topliss-reactive ketones (excluding diaryl/α,β-unsaturated/α-hetero) is 1. The van der Waals surface area contributed by atoms with Crippen molar-refractivity contribution in [3.8, 4) is 23.0 Å². The number of hydrogen-bond acceptors (Lipinski definition) is 5. The van der Waals surface area contributed by atoms with E-state index in [1.54, 1.807) is 25.4 Å². The summed E-state index contributed by atoms with van der Waals surface area (Å²) in [6.45, 7) is 9.59. The van der Waals surface area contributed by atoms with Crippen LogP contribution in [-0.4, -0.2) is 31.6 Å². The molecule has 4 rings (SSSR count). The highest BCUT2D eigenvalue weighted by Crippen LogP contribution is 2.31. The quantitative estimate of drug-likeness (QED) is 0.437. The summed E-state index contributed by atoms with van der Waals surface area (Å²) in [6.07, 6.45) is 3.62. The molecule has 6 nitrogen and oxygen atoms in total. The normalized spacial score (nSPS) is 11.3. The lowest BCUT2D eigenvalue weighted by atomic mass is 9.98. The average molecular weight is 400 g/mol. The number of hydrogen-bond donors (Lipinski definition) is 0. The maximum absolute atomic E-state index is 12.4. The lowest BCUT2D eigenvalue weighted by Gasteiger charge is -2.10. The molecule has 0 amide bonds. The largest absolute Gasteiger partial charge is 0.474 e.